The molecule has 0 aliphatic rings. The molecule has 33 heavy (non-hydrogen) atoms. The monoisotopic (exact) mass is 452 g/mol. The lowest BCUT2D eigenvalue weighted by atomic mass is 10.1. The van der Waals surface area contributed by atoms with Gasteiger partial charge in [-0.25, -0.2) is 13.6 Å². The first-order valence-electron chi connectivity index (χ1n) is 10.7. The standard InChI is InChI=1S/C27H23F3O3/c1-2-3-4-5-18-32-24-17-12-20(25(29)26(24)30)9-6-19-7-10-21(11-8-19)27(31)33-23-15-13-22(28)14-16-23/h7-8,10-17H,2-5,18H2,1H3. The molecule has 0 unspecified atom stereocenters. The van der Waals surface area contributed by atoms with E-state index in [1.165, 1.54) is 48.5 Å². The number of esters is 1. The number of unbranched alkanes of at least 4 members (excludes halogenated alkanes) is 3. The molecule has 0 fully saturated rings. The predicted molar refractivity (Wildman–Crippen MR) is 120 cm³/mol. The number of carbonyl (C=O) groups excluding carboxylic acids is 1. The third-order valence-electron chi connectivity index (χ3n) is 4.79. The van der Waals surface area contributed by atoms with E-state index < -0.39 is 23.4 Å². The van der Waals surface area contributed by atoms with Crippen LogP contribution in [-0.4, -0.2) is 12.6 Å². The van der Waals surface area contributed by atoms with Crippen molar-refractivity contribution in [1.29, 1.82) is 0 Å². The maximum atomic E-state index is 14.4. The van der Waals surface area contributed by atoms with Gasteiger partial charge in [0.2, 0.25) is 5.82 Å². The lowest BCUT2D eigenvalue weighted by Crippen LogP contribution is -2.08. The van der Waals surface area contributed by atoms with Crippen molar-refractivity contribution in [3.8, 4) is 23.3 Å². The molecule has 0 amide bonds. The summed E-state index contributed by atoms with van der Waals surface area (Å²) in [5, 5.41) is 0. The topological polar surface area (TPSA) is 35.5 Å². The van der Waals surface area contributed by atoms with E-state index in [2.05, 4.69) is 18.8 Å². The van der Waals surface area contributed by atoms with Crippen molar-refractivity contribution in [2.75, 3.05) is 6.61 Å². The first-order chi connectivity index (χ1) is 16.0. The van der Waals surface area contributed by atoms with Crippen molar-refractivity contribution in [2.24, 2.45) is 0 Å². The smallest absolute Gasteiger partial charge is 0.343 e. The Morgan fingerprint density at radius 1 is 0.818 bits per heavy atom. The summed E-state index contributed by atoms with van der Waals surface area (Å²) < 4.78 is 52.1. The molecule has 3 nitrogen and oxygen atoms in total. The molecule has 0 heterocycles. The average molecular weight is 452 g/mol. The van der Waals surface area contributed by atoms with Gasteiger partial charge in [0.1, 0.15) is 11.6 Å². The highest BCUT2D eigenvalue weighted by molar-refractivity contribution is 5.91. The van der Waals surface area contributed by atoms with Gasteiger partial charge in [-0.2, -0.15) is 4.39 Å². The number of ether oxygens (including phenoxy) is 2. The number of halogens is 3. The SMILES string of the molecule is CCCCCCOc1ccc(C#Cc2ccc(C(=O)Oc3ccc(F)cc3)cc2)c(F)c1F. The summed E-state index contributed by atoms with van der Waals surface area (Å²) in [6.45, 7) is 2.42. The van der Waals surface area contributed by atoms with Gasteiger partial charge < -0.3 is 9.47 Å². The summed E-state index contributed by atoms with van der Waals surface area (Å²) in [5.74, 6) is 2.28. The third-order valence-corrected chi connectivity index (χ3v) is 4.79. The molecular formula is C27H23F3O3. The number of benzene rings is 3. The molecule has 170 valence electrons. The fourth-order valence-corrected chi connectivity index (χ4v) is 2.95. The van der Waals surface area contributed by atoms with E-state index in [0.717, 1.165) is 25.7 Å². The number of hydrogen-bond donors (Lipinski definition) is 0. The van der Waals surface area contributed by atoms with Crippen LogP contribution >= 0.6 is 0 Å². The Morgan fingerprint density at radius 2 is 1.55 bits per heavy atom. The second kappa shape index (κ2) is 11.8. The van der Waals surface area contributed by atoms with Crippen molar-refractivity contribution in [3.63, 3.8) is 0 Å². The third kappa shape index (κ3) is 6.88. The summed E-state index contributed by atoms with van der Waals surface area (Å²) >= 11 is 0. The molecule has 0 aliphatic carbocycles. The van der Waals surface area contributed by atoms with Gasteiger partial charge in [-0.3, -0.25) is 0 Å². The molecule has 0 aromatic heterocycles. The van der Waals surface area contributed by atoms with Crippen LogP contribution in [0.25, 0.3) is 0 Å². The Balaban J connectivity index is 1.63. The van der Waals surface area contributed by atoms with Crippen molar-refractivity contribution in [2.45, 2.75) is 32.6 Å². The minimum absolute atomic E-state index is 0.0920. The lowest BCUT2D eigenvalue weighted by Gasteiger charge is -2.08. The molecular weight excluding hydrogens is 429 g/mol. The molecule has 3 aromatic carbocycles. The zero-order chi connectivity index (χ0) is 23.6. The first kappa shape index (κ1) is 23.9. The van der Waals surface area contributed by atoms with Crippen LogP contribution in [-0.2, 0) is 0 Å². The first-order valence-corrected chi connectivity index (χ1v) is 10.7. The van der Waals surface area contributed by atoms with Gasteiger partial charge in [0.25, 0.3) is 0 Å². The zero-order valence-corrected chi connectivity index (χ0v) is 18.2. The average Bonchev–Trinajstić information content (AvgIpc) is 2.82. The molecule has 0 aliphatic heterocycles. The molecule has 3 rings (SSSR count). The predicted octanol–water partition coefficient (Wildman–Crippen LogP) is 6.68. The summed E-state index contributed by atoms with van der Waals surface area (Å²) in [4.78, 5) is 12.2. The fraction of sp³-hybridized carbons (Fsp3) is 0.222. The van der Waals surface area contributed by atoms with Gasteiger partial charge in [0, 0.05) is 5.56 Å². The fourth-order valence-electron chi connectivity index (χ4n) is 2.95. The second-order valence-corrected chi connectivity index (χ2v) is 7.32. The Kier molecular flexibility index (Phi) is 8.54. The molecule has 0 bridgehead atoms. The molecule has 0 spiro atoms. The van der Waals surface area contributed by atoms with Crippen molar-refractivity contribution >= 4 is 5.97 Å². The molecule has 0 atom stereocenters. The summed E-state index contributed by atoms with van der Waals surface area (Å²) in [6.07, 6.45) is 3.92. The number of carbonyl (C=O) groups is 1. The molecule has 0 saturated heterocycles. The van der Waals surface area contributed by atoms with Crippen molar-refractivity contribution in [3.05, 3.63) is 94.8 Å². The highest BCUT2D eigenvalue weighted by Gasteiger charge is 2.13. The van der Waals surface area contributed by atoms with Gasteiger partial charge in [0.15, 0.2) is 11.6 Å². The van der Waals surface area contributed by atoms with Gasteiger partial charge in [-0.15, -0.1) is 0 Å². The molecule has 0 radical (unpaired) electrons. The molecule has 0 N–H and O–H groups in total. The Morgan fingerprint density at radius 3 is 2.24 bits per heavy atom. The number of hydrogen-bond acceptors (Lipinski definition) is 3. The van der Waals surface area contributed by atoms with Crippen molar-refractivity contribution < 1.29 is 27.4 Å². The minimum Gasteiger partial charge on any atom is -0.490 e. The van der Waals surface area contributed by atoms with Crippen LogP contribution in [0.4, 0.5) is 13.2 Å². The Labute approximate surface area is 191 Å². The lowest BCUT2D eigenvalue weighted by molar-refractivity contribution is 0.0734. The van der Waals surface area contributed by atoms with Crippen LogP contribution < -0.4 is 9.47 Å². The summed E-state index contributed by atoms with van der Waals surface area (Å²) in [6, 6.07) is 14.0. The summed E-state index contributed by atoms with van der Waals surface area (Å²) in [7, 11) is 0. The van der Waals surface area contributed by atoms with E-state index in [4.69, 9.17) is 9.47 Å². The van der Waals surface area contributed by atoms with Crippen LogP contribution in [0.2, 0.25) is 0 Å². The summed E-state index contributed by atoms with van der Waals surface area (Å²) in [5.41, 5.74) is 0.678. The maximum Gasteiger partial charge on any atom is 0.343 e. The van der Waals surface area contributed by atoms with E-state index in [-0.39, 0.29) is 22.6 Å². The van der Waals surface area contributed by atoms with E-state index in [1.807, 2.05) is 0 Å². The quantitative estimate of drug-likeness (QED) is 0.165. The van der Waals surface area contributed by atoms with E-state index in [9.17, 15) is 18.0 Å². The normalized spacial score (nSPS) is 10.3. The van der Waals surface area contributed by atoms with Gasteiger partial charge in [0.05, 0.1) is 17.7 Å². The largest absolute Gasteiger partial charge is 0.490 e. The molecule has 0 saturated carbocycles. The van der Waals surface area contributed by atoms with Crippen LogP contribution in [0, 0.1) is 29.3 Å². The Hall–Kier alpha value is -3.72. The second-order valence-electron chi connectivity index (χ2n) is 7.32. The molecule has 6 heteroatoms. The van der Waals surface area contributed by atoms with E-state index >= 15 is 0 Å². The van der Waals surface area contributed by atoms with Gasteiger partial charge in [-0.05, 0) is 67.1 Å². The van der Waals surface area contributed by atoms with Crippen LogP contribution in [0.1, 0.15) is 54.1 Å². The van der Waals surface area contributed by atoms with Crippen LogP contribution in [0.3, 0.4) is 0 Å². The molecule has 3 aromatic rings. The maximum absolute atomic E-state index is 14.4. The zero-order valence-electron chi connectivity index (χ0n) is 18.2. The van der Waals surface area contributed by atoms with Crippen LogP contribution in [0.5, 0.6) is 11.5 Å². The van der Waals surface area contributed by atoms with E-state index in [0.29, 0.717) is 12.2 Å². The van der Waals surface area contributed by atoms with Gasteiger partial charge in [-0.1, -0.05) is 38.0 Å². The van der Waals surface area contributed by atoms with Gasteiger partial charge >= 0.3 is 5.97 Å². The van der Waals surface area contributed by atoms with Crippen molar-refractivity contribution in [1.82, 2.24) is 0 Å². The highest BCUT2D eigenvalue weighted by Crippen LogP contribution is 2.23. The van der Waals surface area contributed by atoms with Crippen LogP contribution in [0.15, 0.2) is 60.7 Å². The highest BCUT2D eigenvalue weighted by atomic mass is 19.2. The number of rotatable bonds is 8. The minimum atomic E-state index is -1.06. The Bertz CT molecular complexity index is 1140. The van der Waals surface area contributed by atoms with E-state index in [1.54, 1.807) is 12.1 Å².